The van der Waals surface area contributed by atoms with Gasteiger partial charge in [0.05, 0.1) is 12.7 Å². The number of ether oxygens (including phenoxy) is 1. The molecule has 0 saturated carbocycles. The molecular weight excluding hydrogens is 340 g/mol. The van der Waals surface area contributed by atoms with Gasteiger partial charge in [-0.25, -0.2) is 0 Å². The second-order valence-electron chi connectivity index (χ2n) is 5.77. The van der Waals surface area contributed by atoms with Gasteiger partial charge >= 0.3 is 0 Å². The van der Waals surface area contributed by atoms with Gasteiger partial charge in [-0.05, 0) is 43.5 Å². The molecule has 3 nitrogen and oxygen atoms in total. The van der Waals surface area contributed by atoms with Crippen molar-refractivity contribution in [1.82, 2.24) is 4.90 Å². The van der Waals surface area contributed by atoms with Crippen molar-refractivity contribution in [3.05, 3.63) is 33.3 Å². The summed E-state index contributed by atoms with van der Waals surface area (Å²) in [6.07, 6.45) is 3.42. The molecule has 2 N–H and O–H groups in total. The van der Waals surface area contributed by atoms with Crippen molar-refractivity contribution in [1.29, 1.82) is 0 Å². The van der Waals surface area contributed by atoms with Crippen LogP contribution in [0.25, 0.3) is 0 Å². The first-order valence-electron chi connectivity index (χ1n) is 7.18. The molecule has 2 heterocycles. The molecule has 0 aromatic heterocycles. The topological polar surface area (TPSA) is 38.5 Å². The zero-order valence-corrected chi connectivity index (χ0v) is 13.7. The lowest BCUT2D eigenvalue weighted by Gasteiger charge is -2.37. The average Bonchev–Trinajstić information content (AvgIpc) is 2.89. The summed E-state index contributed by atoms with van der Waals surface area (Å²) in [6.45, 7) is 2.97. The number of fused-ring (bicyclic) bond motifs is 1. The van der Waals surface area contributed by atoms with Crippen molar-refractivity contribution in [2.75, 3.05) is 19.7 Å². The van der Waals surface area contributed by atoms with Crippen molar-refractivity contribution < 1.29 is 4.74 Å². The average molecular weight is 360 g/mol. The number of hydrogen-bond donors (Lipinski definition) is 1. The third-order valence-corrected chi connectivity index (χ3v) is 5.21. The SMILES string of the molecule is NC(Cc1ccc(Br)cc1Cl)C1CN2CCCC2CO1. The monoisotopic (exact) mass is 358 g/mol. The Bertz CT molecular complexity index is 485. The van der Waals surface area contributed by atoms with E-state index >= 15 is 0 Å². The smallest absolute Gasteiger partial charge is 0.0856 e. The fourth-order valence-electron chi connectivity index (χ4n) is 3.17. The van der Waals surface area contributed by atoms with Crippen LogP contribution in [0.15, 0.2) is 22.7 Å². The predicted octanol–water partition coefficient (Wildman–Crippen LogP) is 2.84. The van der Waals surface area contributed by atoms with Crippen molar-refractivity contribution >= 4 is 27.5 Å². The van der Waals surface area contributed by atoms with E-state index in [0.717, 1.165) is 34.6 Å². The number of halogens is 2. The summed E-state index contributed by atoms with van der Waals surface area (Å²) >= 11 is 9.69. The van der Waals surface area contributed by atoms with Gasteiger partial charge in [-0.3, -0.25) is 4.90 Å². The summed E-state index contributed by atoms with van der Waals surface area (Å²) in [5.74, 6) is 0. The van der Waals surface area contributed by atoms with Gasteiger partial charge < -0.3 is 10.5 Å². The molecule has 1 aromatic carbocycles. The molecule has 3 unspecified atom stereocenters. The first kappa shape index (κ1) is 14.8. The lowest BCUT2D eigenvalue weighted by atomic mass is 10.00. The van der Waals surface area contributed by atoms with Crippen LogP contribution in [0, 0.1) is 0 Å². The van der Waals surface area contributed by atoms with Crippen LogP contribution in [0.5, 0.6) is 0 Å². The number of nitrogens with zero attached hydrogens (tertiary/aromatic N) is 1. The molecule has 3 rings (SSSR count). The summed E-state index contributed by atoms with van der Waals surface area (Å²) in [6, 6.07) is 6.58. The summed E-state index contributed by atoms with van der Waals surface area (Å²) in [7, 11) is 0. The van der Waals surface area contributed by atoms with Gasteiger partial charge in [-0.1, -0.05) is 33.6 Å². The Morgan fingerprint density at radius 1 is 1.50 bits per heavy atom. The van der Waals surface area contributed by atoms with Crippen LogP contribution in [0.1, 0.15) is 18.4 Å². The molecule has 3 atom stereocenters. The number of nitrogens with two attached hydrogens (primary N) is 1. The van der Waals surface area contributed by atoms with Crippen LogP contribution in [0.3, 0.4) is 0 Å². The van der Waals surface area contributed by atoms with Gasteiger partial charge in [0.15, 0.2) is 0 Å². The van der Waals surface area contributed by atoms with Crippen molar-refractivity contribution in [2.45, 2.75) is 37.5 Å². The van der Waals surface area contributed by atoms with Crippen LogP contribution >= 0.6 is 27.5 Å². The van der Waals surface area contributed by atoms with Gasteiger partial charge in [-0.2, -0.15) is 0 Å². The van der Waals surface area contributed by atoms with E-state index in [0.29, 0.717) is 6.04 Å². The number of morpholine rings is 1. The van der Waals surface area contributed by atoms with E-state index in [1.807, 2.05) is 18.2 Å². The predicted molar refractivity (Wildman–Crippen MR) is 85.2 cm³/mol. The minimum atomic E-state index is -0.00442. The third-order valence-electron chi connectivity index (χ3n) is 4.36. The van der Waals surface area contributed by atoms with Gasteiger partial charge in [0.25, 0.3) is 0 Å². The maximum atomic E-state index is 6.35. The molecule has 0 amide bonds. The van der Waals surface area contributed by atoms with Gasteiger partial charge in [0.1, 0.15) is 0 Å². The molecule has 5 heteroatoms. The van der Waals surface area contributed by atoms with Crippen LogP contribution in [-0.2, 0) is 11.2 Å². The van der Waals surface area contributed by atoms with E-state index < -0.39 is 0 Å². The van der Waals surface area contributed by atoms with E-state index in [9.17, 15) is 0 Å². The first-order valence-corrected chi connectivity index (χ1v) is 8.36. The second kappa shape index (κ2) is 6.32. The molecule has 0 spiro atoms. The molecule has 110 valence electrons. The standard InChI is InChI=1S/C15H20BrClN2O/c16-11-4-3-10(13(17)7-11)6-14(18)15-8-19-5-1-2-12(19)9-20-15/h3-4,7,12,14-15H,1-2,5-6,8-9,18H2. The number of rotatable bonds is 3. The van der Waals surface area contributed by atoms with Gasteiger partial charge in [-0.15, -0.1) is 0 Å². The summed E-state index contributed by atoms with van der Waals surface area (Å²) < 4.78 is 6.96. The normalized spacial score (nSPS) is 28.4. The van der Waals surface area contributed by atoms with Gasteiger partial charge in [0.2, 0.25) is 0 Å². The highest BCUT2D eigenvalue weighted by Gasteiger charge is 2.34. The number of hydrogen-bond acceptors (Lipinski definition) is 3. The zero-order chi connectivity index (χ0) is 14.1. The summed E-state index contributed by atoms with van der Waals surface area (Å²) in [5, 5.41) is 0.768. The van der Waals surface area contributed by atoms with Crippen molar-refractivity contribution in [2.24, 2.45) is 5.73 Å². The number of benzene rings is 1. The first-order chi connectivity index (χ1) is 9.63. The fraction of sp³-hybridized carbons (Fsp3) is 0.600. The van der Waals surface area contributed by atoms with Crippen LogP contribution in [0.2, 0.25) is 5.02 Å². The maximum absolute atomic E-state index is 6.35. The van der Waals surface area contributed by atoms with E-state index in [1.54, 1.807) is 0 Å². The fourth-order valence-corrected chi connectivity index (χ4v) is 3.92. The van der Waals surface area contributed by atoms with Crippen LogP contribution < -0.4 is 5.73 Å². The van der Waals surface area contributed by atoms with E-state index in [2.05, 4.69) is 20.8 Å². The highest BCUT2D eigenvalue weighted by atomic mass is 79.9. The summed E-state index contributed by atoms with van der Waals surface area (Å²) in [5.41, 5.74) is 7.44. The molecule has 0 aliphatic carbocycles. The lowest BCUT2D eigenvalue weighted by Crippen LogP contribution is -2.53. The molecular formula is C15H20BrClN2O. The Labute approximate surface area is 133 Å². The highest BCUT2D eigenvalue weighted by Crippen LogP contribution is 2.26. The molecule has 2 saturated heterocycles. The Balaban J connectivity index is 1.62. The molecule has 0 radical (unpaired) electrons. The quantitative estimate of drug-likeness (QED) is 0.902. The minimum Gasteiger partial charge on any atom is -0.374 e. The van der Waals surface area contributed by atoms with Crippen LogP contribution in [0.4, 0.5) is 0 Å². The Hall–Kier alpha value is -0.130. The maximum Gasteiger partial charge on any atom is 0.0856 e. The minimum absolute atomic E-state index is 0.00442. The second-order valence-corrected chi connectivity index (χ2v) is 7.09. The van der Waals surface area contributed by atoms with Crippen LogP contribution in [-0.4, -0.2) is 42.8 Å². The lowest BCUT2D eigenvalue weighted by molar-refractivity contribution is -0.0589. The van der Waals surface area contributed by atoms with Gasteiger partial charge in [0, 0.05) is 28.1 Å². The van der Waals surface area contributed by atoms with E-state index in [4.69, 9.17) is 22.1 Å². The molecule has 0 bridgehead atoms. The molecule has 2 aliphatic rings. The molecule has 20 heavy (non-hydrogen) atoms. The Morgan fingerprint density at radius 3 is 3.15 bits per heavy atom. The Kier molecular flexibility index (Phi) is 4.68. The molecule has 2 fully saturated rings. The highest BCUT2D eigenvalue weighted by molar-refractivity contribution is 9.10. The summed E-state index contributed by atoms with van der Waals surface area (Å²) in [4.78, 5) is 2.53. The molecule has 1 aromatic rings. The van der Waals surface area contributed by atoms with Crippen molar-refractivity contribution in [3.8, 4) is 0 Å². The molecule has 2 aliphatic heterocycles. The van der Waals surface area contributed by atoms with Crippen molar-refractivity contribution in [3.63, 3.8) is 0 Å². The zero-order valence-electron chi connectivity index (χ0n) is 11.4. The third kappa shape index (κ3) is 3.20. The Morgan fingerprint density at radius 2 is 2.35 bits per heavy atom. The van der Waals surface area contributed by atoms with E-state index in [1.165, 1.54) is 19.4 Å². The largest absolute Gasteiger partial charge is 0.374 e. The van der Waals surface area contributed by atoms with E-state index in [-0.39, 0.29) is 12.1 Å².